The molecule has 0 amide bonds. The maximum Gasteiger partial charge on any atom is 0.119 e. The van der Waals surface area contributed by atoms with Crippen LogP contribution in [0.3, 0.4) is 0 Å². The monoisotopic (exact) mass is 224 g/mol. The maximum atomic E-state index is 9.33. The number of ether oxygens (including phenoxy) is 1. The summed E-state index contributed by atoms with van der Waals surface area (Å²) in [6.45, 7) is 4.01. The molecule has 2 N–H and O–H groups in total. The molecule has 0 aromatic heterocycles. The number of aliphatic hydroxyl groups excluding tert-OH is 2. The van der Waals surface area contributed by atoms with Crippen molar-refractivity contribution >= 4 is 0 Å². The lowest BCUT2D eigenvalue weighted by Gasteiger charge is -2.11. The molecule has 0 heterocycles. The first-order chi connectivity index (χ1) is 7.61. The minimum Gasteiger partial charge on any atom is -0.491 e. The van der Waals surface area contributed by atoms with Crippen LogP contribution in [0.2, 0.25) is 0 Å². The van der Waals surface area contributed by atoms with Gasteiger partial charge in [-0.1, -0.05) is 19.1 Å². The van der Waals surface area contributed by atoms with E-state index in [2.05, 4.69) is 0 Å². The summed E-state index contributed by atoms with van der Waals surface area (Å²) in [5, 5.41) is 18.6. The Bertz CT molecular complexity index is 293. The smallest absolute Gasteiger partial charge is 0.119 e. The Morgan fingerprint density at radius 1 is 1.19 bits per heavy atom. The van der Waals surface area contributed by atoms with Crippen LogP contribution in [0.5, 0.6) is 5.75 Å². The van der Waals surface area contributed by atoms with Crippen LogP contribution >= 0.6 is 0 Å². The Labute approximate surface area is 96.7 Å². The second-order valence-corrected chi connectivity index (χ2v) is 4.07. The van der Waals surface area contributed by atoms with Crippen molar-refractivity contribution in [1.82, 2.24) is 0 Å². The van der Waals surface area contributed by atoms with E-state index in [1.165, 1.54) is 0 Å². The van der Waals surface area contributed by atoms with Crippen molar-refractivity contribution in [3.05, 3.63) is 29.8 Å². The number of aliphatic hydroxyl groups is 2. The molecule has 1 aromatic rings. The SMILES string of the molecule is CCC(O)COc1ccc(CC(C)O)cc1. The van der Waals surface area contributed by atoms with E-state index in [0.717, 1.165) is 11.3 Å². The molecule has 1 rings (SSSR count). The molecule has 0 bridgehead atoms. The first kappa shape index (κ1) is 13.0. The largest absolute Gasteiger partial charge is 0.491 e. The molecule has 0 spiro atoms. The standard InChI is InChI=1S/C13H20O3/c1-3-12(15)9-16-13-6-4-11(5-7-13)8-10(2)14/h4-7,10,12,14-15H,3,8-9H2,1-2H3. The summed E-state index contributed by atoms with van der Waals surface area (Å²) in [5.41, 5.74) is 1.08. The number of hydrogen-bond acceptors (Lipinski definition) is 3. The predicted molar refractivity (Wildman–Crippen MR) is 63.6 cm³/mol. The van der Waals surface area contributed by atoms with Crippen molar-refractivity contribution in [2.75, 3.05) is 6.61 Å². The normalized spacial score (nSPS) is 14.5. The highest BCUT2D eigenvalue weighted by molar-refractivity contribution is 5.27. The summed E-state index contributed by atoms with van der Waals surface area (Å²) in [4.78, 5) is 0. The maximum absolute atomic E-state index is 9.33. The van der Waals surface area contributed by atoms with Crippen LogP contribution in [-0.4, -0.2) is 29.0 Å². The van der Waals surface area contributed by atoms with Crippen LogP contribution in [0.4, 0.5) is 0 Å². The van der Waals surface area contributed by atoms with Gasteiger partial charge in [0.15, 0.2) is 0 Å². The van der Waals surface area contributed by atoms with E-state index in [4.69, 9.17) is 4.74 Å². The molecule has 3 nitrogen and oxygen atoms in total. The van der Waals surface area contributed by atoms with E-state index in [0.29, 0.717) is 19.4 Å². The summed E-state index contributed by atoms with van der Waals surface area (Å²) >= 11 is 0. The van der Waals surface area contributed by atoms with Crippen LogP contribution in [-0.2, 0) is 6.42 Å². The molecule has 0 aliphatic heterocycles. The highest BCUT2D eigenvalue weighted by atomic mass is 16.5. The van der Waals surface area contributed by atoms with Crippen LogP contribution in [0, 0.1) is 0 Å². The molecule has 0 aliphatic carbocycles. The summed E-state index contributed by atoms with van der Waals surface area (Å²) < 4.78 is 5.41. The lowest BCUT2D eigenvalue weighted by Crippen LogP contribution is -2.15. The van der Waals surface area contributed by atoms with Crippen LogP contribution in [0.15, 0.2) is 24.3 Å². The second-order valence-electron chi connectivity index (χ2n) is 4.07. The van der Waals surface area contributed by atoms with Crippen LogP contribution in [0.25, 0.3) is 0 Å². The van der Waals surface area contributed by atoms with Gasteiger partial charge in [-0.25, -0.2) is 0 Å². The molecule has 0 saturated heterocycles. The van der Waals surface area contributed by atoms with Crippen molar-refractivity contribution < 1.29 is 14.9 Å². The molecule has 2 unspecified atom stereocenters. The molecular formula is C13H20O3. The molecule has 1 aromatic carbocycles. The molecule has 16 heavy (non-hydrogen) atoms. The van der Waals surface area contributed by atoms with E-state index in [9.17, 15) is 10.2 Å². The van der Waals surface area contributed by atoms with Crippen molar-refractivity contribution in [1.29, 1.82) is 0 Å². The third-order valence-corrected chi connectivity index (χ3v) is 2.37. The predicted octanol–water partition coefficient (Wildman–Crippen LogP) is 1.76. The van der Waals surface area contributed by atoms with E-state index >= 15 is 0 Å². The van der Waals surface area contributed by atoms with E-state index in [1.54, 1.807) is 6.92 Å². The minimum absolute atomic E-state index is 0.325. The lowest BCUT2D eigenvalue weighted by atomic mass is 10.1. The highest BCUT2D eigenvalue weighted by Gasteiger charge is 2.03. The Balaban J connectivity index is 2.45. The average Bonchev–Trinajstić information content (AvgIpc) is 2.27. The van der Waals surface area contributed by atoms with Gasteiger partial charge in [-0.3, -0.25) is 0 Å². The van der Waals surface area contributed by atoms with Gasteiger partial charge in [-0.2, -0.15) is 0 Å². The highest BCUT2D eigenvalue weighted by Crippen LogP contribution is 2.13. The van der Waals surface area contributed by atoms with Gasteiger partial charge < -0.3 is 14.9 Å². The molecule has 2 atom stereocenters. The van der Waals surface area contributed by atoms with E-state index in [1.807, 2.05) is 31.2 Å². The third kappa shape index (κ3) is 4.64. The summed E-state index contributed by atoms with van der Waals surface area (Å²) in [6.07, 6.45) is 0.614. The van der Waals surface area contributed by atoms with Crippen LogP contribution in [0.1, 0.15) is 25.8 Å². The van der Waals surface area contributed by atoms with Gasteiger partial charge >= 0.3 is 0 Å². The van der Waals surface area contributed by atoms with E-state index < -0.39 is 6.10 Å². The summed E-state index contributed by atoms with van der Waals surface area (Å²) in [7, 11) is 0. The van der Waals surface area contributed by atoms with Gasteiger partial charge in [0.1, 0.15) is 12.4 Å². The molecule has 0 fully saturated rings. The van der Waals surface area contributed by atoms with Gasteiger partial charge in [0.2, 0.25) is 0 Å². The number of benzene rings is 1. The zero-order valence-electron chi connectivity index (χ0n) is 9.89. The van der Waals surface area contributed by atoms with Crippen LogP contribution < -0.4 is 4.74 Å². The fraction of sp³-hybridized carbons (Fsp3) is 0.538. The van der Waals surface area contributed by atoms with Crippen molar-refractivity contribution in [2.45, 2.75) is 38.9 Å². The Hall–Kier alpha value is -1.06. The van der Waals surface area contributed by atoms with Gasteiger partial charge in [0.05, 0.1) is 12.2 Å². The number of hydrogen-bond donors (Lipinski definition) is 2. The molecule has 0 radical (unpaired) electrons. The zero-order chi connectivity index (χ0) is 12.0. The van der Waals surface area contributed by atoms with E-state index in [-0.39, 0.29) is 6.10 Å². The van der Waals surface area contributed by atoms with Gasteiger partial charge in [0.25, 0.3) is 0 Å². The molecule has 0 aliphatic rings. The quantitative estimate of drug-likeness (QED) is 0.774. The second kappa shape index (κ2) is 6.51. The van der Waals surface area contributed by atoms with Gasteiger partial charge in [-0.05, 0) is 37.5 Å². The number of rotatable bonds is 6. The Morgan fingerprint density at radius 3 is 2.31 bits per heavy atom. The van der Waals surface area contributed by atoms with Gasteiger partial charge in [-0.15, -0.1) is 0 Å². The first-order valence-corrected chi connectivity index (χ1v) is 5.69. The summed E-state index contributed by atoms with van der Waals surface area (Å²) in [5.74, 6) is 0.752. The molecule has 0 saturated carbocycles. The van der Waals surface area contributed by atoms with Crippen molar-refractivity contribution in [3.63, 3.8) is 0 Å². The first-order valence-electron chi connectivity index (χ1n) is 5.69. The minimum atomic E-state index is -0.405. The topological polar surface area (TPSA) is 49.7 Å². The zero-order valence-corrected chi connectivity index (χ0v) is 9.89. The molecule has 3 heteroatoms. The average molecular weight is 224 g/mol. The fourth-order valence-electron chi connectivity index (χ4n) is 1.37. The Morgan fingerprint density at radius 2 is 1.81 bits per heavy atom. The fourth-order valence-corrected chi connectivity index (χ4v) is 1.37. The third-order valence-electron chi connectivity index (χ3n) is 2.37. The molecule has 90 valence electrons. The van der Waals surface area contributed by atoms with Gasteiger partial charge in [0, 0.05) is 0 Å². The lowest BCUT2D eigenvalue weighted by molar-refractivity contribution is 0.104. The van der Waals surface area contributed by atoms with Crippen molar-refractivity contribution in [3.8, 4) is 5.75 Å². The Kier molecular flexibility index (Phi) is 5.29. The van der Waals surface area contributed by atoms with Crippen molar-refractivity contribution in [2.24, 2.45) is 0 Å². The molecular weight excluding hydrogens is 204 g/mol. The summed E-state index contributed by atoms with van der Waals surface area (Å²) in [6, 6.07) is 7.58.